The van der Waals surface area contributed by atoms with Crippen molar-refractivity contribution < 1.29 is 0 Å². The first-order valence-electron chi connectivity index (χ1n) is 8.39. The molecule has 1 aliphatic carbocycles. The Morgan fingerprint density at radius 2 is 1.85 bits per heavy atom. The molecule has 1 saturated heterocycles. The number of benzene rings is 1. The van der Waals surface area contributed by atoms with Crippen LogP contribution in [0, 0.1) is 0 Å². The average Bonchev–Trinajstić information content (AvgIpc) is 2.96. The first-order chi connectivity index (χ1) is 9.89. The summed E-state index contributed by atoms with van der Waals surface area (Å²) in [4.78, 5) is 2.81. The lowest BCUT2D eigenvalue weighted by molar-refractivity contribution is 0.0633. The maximum absolute atomic E-state index is 3.62. The van der Waals surface area contributed by atoms with Crippen LogP contribution in [0.5, 0.6) is 0 Å². The van der Waals surface area contributed by atoms with Gasteiger partial charge in [-0.1, -0.05) is 43.2 Å². The monoisotopic (exact) mass is 272 g/mol. The van der Waals surface area contributed by atoms with Crippen molar-refractivity contribution in [3.63, 3.8) is 0 Å². The van der Waals surface area contributed by atoms with Gasteiger partial charge in [0, 0.05) is 25.2 Å². The molecule has 2 heteroatoms. The van der Waals surface area contributed by atoms with E-state index < -0.39 is 0 Å². The second-order valence-corrected chi connectivity index (χ2v) is 6.54. The summed E-state index contributed by atoms with van der Waals surface area (Å²) in [5, 5.41) is 3.62. The SMILES string of the molecule is c1ccc(CCCCN2CCNCC23CCCC3)cc1. The van der Waals surface area contributed by atoms with Gasteiger partial charge >= 0.3 is 0 Å². The third-order valence-corrected chi connectivity index (χ3v) is 5.20. The highest BCUT2D eigenvalue weighted by atomic mass is 15.3. The molecule has 1 spiro atoms. The van der Waals surface area contributed by atoms with Crippen LogP contribution < -0.4 is 5.32 Å². The summed E-state index contributed by atoms with van der Waals surface area (Å²) >= 11 is 0. The largest absolute Gasteiger partial charge is 0.314 e. The van der Waals surface area contributed by atoms with Crippen molar-refractivity contribution in [1.82, 2.24) is 10.2 Å². The van der Waals surface area contributed by atoms with Crippen LogP contribution in [0.15, 0.2) is 30.3 Å². The summed E-state index contributed by atoms with van der Waals surface area (Å²) in [6, 6.07) is 10.9. The van der Waals surface area contributed by atoms with Crippen molar-refractivity contribution in [3.8, 4) is 0 Å². The summed E-state index contributed by atoms with van der Waals surface area (Å²) in [6.07, 6.45) is 9.60. The molecule has 2 fully saturated rings. The number of piperazine rings is 1. The van der Waals surface area contributed by atoms with E-state index in [9.17, 15) is 0 Å². The van der Waals surface area contributed by atoms with Crippen LogP contribution in [0.2, 0.25) is 0 Å². The van der Waals surface area contributed by atoms with E-state index in [2.05, 4.69) is 40.5 Å². The number of nitrogens with zero attached hydrogens (tertiary/aromatic N) is 1. The van der Waals surface area contributed by atoms with E-state index in [0.29, 0.717) is 5.54 Å². The molecule has 1 heterocycles. The van der Waals surface area contributed by atoms with Gasteiger partial charge in [-0.05, 0) is 44.2 Å². The quantitative estimate of drug-likeness (QED) is 0.828. The Morgan fingerprint density at radius 3 is 2.65 bits per heavy atom. The molecular weight excluding hydrogens is 244 g/mol. The van der Waals surface area contributed by atoms with E-state index in [1.165, 1.54) is 76.7 Å². The fourth-order valence-corrected chi connectivity index (χ4v) is 4.04. The molecule has 0 unspecified atom stereocenters. The molecule has 0 bridgehead atoms. The third-order valence-electron chi connectivity index (χ3n) is 5.20. The second kappa shape index (κ2) is 6.73. The summed E-state index contributed by atoms with van der Waals surface area (Å²) in [7, 11) is 0. The Bertz CT molecular complexity index is 395. The van der Waals surface area contributed by atoms with E-state index >= 15 is 0 Å². The van der Waals surface area contributed by atoms with Crippen molar-refractivity contribution in [3.05, 3.63) is 35.9 Å². The Morgan fingerprint density at radius 1 is 1.05 bits per heavy atom. The van der Waals surface area contributed by atoms with Gasteiger partial charge in [0.25, 0.3) is 0 Å². The lowest BCUT2D eigenvalue weighted by Gasteiger charge is -2.45. The van der Waals surface area contributed by atoms with Crippen molar-refractivity contribution in [2.75, 3.05) is 26.2 Å². The molecule has 20 heavy (non-hydrogen) atoms. The standard InChI is InChI=1S/C18H28N2/c1-2-8-17(9-3-1)10-4-7-14-20-15-13-19-16-18(20)11-5-6-12-18/h1-3,8-9,19H,4-7,10-16H2. The fourth-order valence-electron chi connectivity index (χ4n) is 4.04. The van der Waals surface area contributed by atoms with Gasteiger partial charge in [-0.25, -0.2) is 0 Å². The number of hydrogen-bond acceptors (Lipinski definition) is 2. The Balaban J connectivity index is 1.45. The predicted octanol–water partition coefficient (Wildman–Crippen LogP) is 3.23. The van der Waals surface area contributed by atoms with Crippen LogP contribution in [0.4, 0.5) is 0 Å². The first kappa shape index (κ1) is 14.1. The van der Waals surface area contributed by atoms with Crippen molar-refractivity contribution in [2.24, 2.45) is 0 Å². The van der Waals surface area contributed by atoms with Gasteiger partial charge in [0.2, 0.25) is 0 Å². The van der Waals surface area contributed by atoms with Crippen LogP contribution in [-0.4, -0.2) is 36.6 Å². The lowest BCUT2D eigenvalue weighted by Crippen LogP contribution is -2.59. The Labute approximate surface area is 123 Å². The van der Waals surface area contributed by atoms with E-state index in [1.807, 2.05) is 0 Å². The topological polar surface area (TPSA) is 15.3 Å². The third kappa shape index (κ3) is 3.24. The molecule has 1 aliphatic heterocycles. The Hall–Kier alpha value is -0.860. The van der Waals surface area contributed by atoms with Gasteiger partial charge in [-0.3, -0.25) is 4.90 Å². The second-order valence-electron chi connectivity index (χ2n) is 6.54. The molecule has 1 saturated carbocycles. The van der Waals surface area contributed by atoms with Gasteiger partial charge in [0.1, 0.15) is 0 Å². The molecule has 0 atom stereocenters. The van der Waals surface area contributed by atoms with E-state index in [-0.39, 0.29) is 0 Å². The minimum Gasteiger partial charge on any atom is -0.314 e. The zero-order valence-corrected chi connectivity index (χ0v) is 12.6. The van der Waals surface area contributed by atoms with Gasteiger partial charge in [-0.15, -0.1) is 0 Å². The van der Waals surface area contributed by atoms with E-state index in [0.717, 1.165) is 0 Å². The minimum absolute atomic E-state index is 0.519. The lowest BCUT2D eigenvalue weighted by atomic mass is 9.92. The molecule has 1 N–H and O–H groups in total. The summed E-state index contributed by atoms with van der Waals surface area (Å²) in [6.45, 7) is 4.96. The molecule has 0 radical (unpaired) electrons. The van der Waals surface area contributed by atoms with E-state index in [1.54, 1.807) is 0 Å². The minimum atomic E-state index is 0.519. The van der Waals surface area contributed by atoms with Gasteiger partial charge in [0.05, 0.1) is 0 Å². The van der Waals surface area contributed by atoms with Crippen molar-refractivity contribution in [2.45, 2.75) is 50.5 Å². The highest BCUT2D eigenvalue weighted by molar-refractivity contribution is 5.14. The van der Waals surface area contributed by atoms with Crippen molar-refractivity contribution in [1.29, 1.82) is 0 Å². The number of rotatable bonds is 5. The molecule has 3 rings (SSSR count). The van der Waals surface area contributed by atoms with Crippen LogP contribution in [0.1, 0.15) is 44.1 Å². The highest BCUT2D eigenvalue weighted by Crippen LogP contribution is 2.36. The van der Waals surface area contributed by atoms with Gasteiger partial charge < -0.3 is 5.32 Å². The first-order valence-corrected chi connectivity index (χ1v) is 8.39. The molecule has 110 valence electrons. The molecule has 1 aromatic rings. The number of nitrogens with one attached hydrogen (secondary N) is 1. The molecule has 2 aliphatic rings. The molecule has 2 nitrogen and oxygen atoms in total. The van der Waals surface area contributed by atoms with E-state index in [4.69, 9.17) is 0 Å². The molecule has 0 aromatic heterocycles. The fraction of sp³-hybridized carbons (Fsp3) is 0.667. The van der Waals surface area contributed by atoms with Crippen LogP contribution >= 0.6 is 0 Å². The zero-order valence-electron chi connectivity index (χ0n) is 12.6. The predicted molar refractivity (Wildman–Crippen MR) is 85.0 cm³/mol. The summed E-state index contributed by atoms with van der Waals surface area (Å²) in [5.41, 5.74) is 2.01. The summed E-state index contributed by atoms with van der Waals surface area (Å²) < 4.78 is 0. The number of unbranched alkanes of at least 4 members (excludes halogenated alkanes) is 1. The van der Waals surface area contributed by atoms with Gasteiger partial charge in [0.15, 0.2) is 0 Å². The van der Waals surface area contributed by atoms with Crippen molar-refractivity contribution >= 4 is 0 Å². The van der Waals surface area contributed by atoms with Crippen LogP contribution in [-0.2, 0) is 6.42 Å². The molecule has 1 aromatic carbocycles. The maximum atomic E-state index is 3.62. The summed E-state index contributed by atoms with van der Waals surface area (Å²) in [5.74, 6) is 0. The number of aryl methyl sites for hydroxylation is 1. The highest BCUT2D eigenvalue weighted by Gasteiger charge is 2.40. The molecule has 0 amide bonds. The maximum Gasteiger partial charge on any atom is 0.0334 e. The normalized spacial score (nSPS) is 22.4. The van der Waals surface area contributed by atoms with Gasteiger partial charge in [-0.2, -0.15) is 0 Å². The average molecular weight is 272 g/mol. The Kier molecular flexibility index (Phi) is 4.74. The van der Waals surface area contributed by atoms with Crippen LogP contribution in [0.25, 0.3) is 0 Å². The van der Waals surface area contributed by atoms with Crippen LogP contribution in [0.3, 0.4) is 0 Å². The zero-order chi connectivity index (χ0) is 13.7. The smallest absolute Gasteiger partial charge is 0.0334 e. The number of hydrogen-bond donors (Lipinski definition) is 1. The molecular formula is C18H28N2.